The lowest BCUT2D eigenvalue weighted by Gasteiger charge is -2.14. The third kappa shape index (κ3) is 4.41. The quantitative estimate of drug-likeness (QED) is 0.579. The van der Waals surface area contributed by atoms with Crippen molar-refractivity contribution >= 4 is 17.6 Å². The van der Waals surface area contributed by atoms with Crippen LogP contribution in [0.4, 0.5) is 0 Å². The molecule has 3 aromatic carbocycles. The summed E-state index contributed by atoms with van der Waals surface area (Å²) >= 11 is 6.29. The Labute approximate surface area is 162 Å². The molecule has 0 bridgehead atoms. The van der Waals surface area contributed by atoms with Crippen LogP contribution >= 0.6 is 11.6 Å². The Kier molecular flexibility index (Phi) is 5.99. The van der Waals surface area contributed by atoms with E-state index in [-0.39, 0.29) is 11.3 Å². The van der Waals surface area contributed by atoms with E-state index in [2.05, 4.69) is 0 Å². The van der Waals surface area contributed by atoms with E-state index in [0.717, 1.165) is 17.1 Å². The number of rotatable bonds is 6. The lowest BCUT2D eigenvalue weighted by Crippen LogP contribution is -2.08. The largest absolute Gasteiger partial charge is 0.507 e. The predicted molar refractivity (Wildman–Crippen MR) is 105 cm³/mol. The van der Waals surface area contributed by atoms with Crippen LogP contribution in [0.25, 0.3) is 0 Å². The molecular formula is C22H19ClO4. The molecule has 0 heterocycles. The van der Waals surface area contributed by atoms with Crippen LogP contribution in [0.1, 0.15) is 21.5 Å². The average Bonchev–Trinajstić information content (AvgIpc) is 2.69. The molecule has 0 spiro atoms. The van der Waals surface area contributed by atoms with Gasteiger partial charge in [0.25, 0.3) is 0 Å². The second kappa shape index (κ2) is 8.60. The minimum absolute atomic E-state index is 0.103. The van der Waals surface area contributed by atoms with Crippen LogP contribution < -0.4 is 4.74 Å². The molecule has 0 saturated carbocycles. The number of methoxy groups -OCH3 is 1. The number of phenols is 1. The summed E-state index contributed by atoms with van der Waals surface area (Å²) < 4.78 is 10.8. The van der Waals surface area contributed by atoms with E-state index < -0.39 is 5.97 Å². The van der Waals surface area contributed by atoms with E-state index in [1.54, 1.807) is 6.07 Å². The van der Waals surface area contributed by atoms with E-state index in [0.29, 0.717) is 23.4 Å². The fraction of sp³-hybridized carbons (Fsp3) is 0.136. The number of aromatic hydroxyl groups is 1. The van der Waals surface area contributed by atoms with Gasteiger partial charge in [0.15, 0.2) is 0 Å². The highest BCUT2D eigenvalue weighted by Gasteiger charge is 2.20. The van der Waals surface area contributed by atoms with Crippen LogP contribution in [-0.4, -0.2) is 18.2 Å². The number of halogens is 1. The summed E-state index contributed by atoms with van der Waals surface area (Å²) in [5.74, 6) is 0.726. The number of hydrogen-bond acceptors (Lipinski definition) is 4. The van der Waals surface area contributed by atoms with Gasteiger partial charge in [-0.15, -0.1) is 0 Å². The van der Waals surface area contributed by atoms with Crippen molar-refractivity contribution in [1.82, 2.24) is 0 Å². The number of benzene rings is 3. The smallest absolute Gasteiger partial charge is 0.341 e. The summed E-state index contributed by atoms with van der Waals surface area (Å²) in [6.45, 7) is 0. The van der Waals surface area contributed by atoms with E-state index in [1.807, 2.05) is 54.6 Å². The maximum atomic E-state index is 12.1. The second-order valence-corrected chi connectivity index (χ2v) is 6.34. The molecule has 5 heteroatoms. The fourth-order valence-corrected chi connectivity index (χ4v) is 3.12. The molecule has 0 amide bonds. The number of hydrogen-bond donors (Lipinski definition) is 1. The van der Waals surface area contributed by atoms with Crippen molar-refractivity contribution in [2.24, 2.45) is 0 Å². The predicted octanol–water partition coefficient (Wildman–Crippen LogP) is 5.41. The molecule has 4 nitrogen and oxygen atoms in total. The van der Waals surface area contributed by atoms with Gasteiger partial charge in [0.05, 0.1) is 7.11 Å². The summed E-state index contributed by atoms with van der Waals surface area (Å²) in [5, 5.41) is 10.5. The number of ether oxygens (including phenoxy) is 2. The van der Waals surface area contributed by atoms with Crippen LogP contribution in [-0.2, 0) is 17.6 Å². The molecule has 3 rings (SSSR count). The number of aryl methyl sites for hydroxylation is 1. The minimum atomic E-state index is -0.612. The number of para-hydroxylation sites is 2. The first-order valence-corrected chi connectivity index (χ1v) is 8.87. The van der Waals surface area contributed by atoms with Crippen molar-refractivity contribution in [2.45, 2.75) is 12.8 Å². The third-order valence-electron chi connectivity index (χ3n) is 4.21. The van der Waals surface area contributed by atoms with Crippen LogP contribution in [0.2, 0.25) is 5.02 Å². The van der Waals surface area contributed by atoms with Gasteiger partial charge in [0.2, 0.25) is 0 Å². The molecule has 0 radical (unpaired) electrons. The van der Waals surface area contributed by atoms with Gasteiger partial charge >= 0.3 is 5.97 Å². The summed E-state index contributed by atoms with van der Waals surface area (Å²) in [5.41, 5.74) is 1.63. The van der Waals surface area contributed by atoms with E-state index >= 15 is 0 Å². The Hall–Kier alpha value is -2.98. The molecule has 0 saturated heterocycles. The summed E-state index contributed by atoms with van der Waals surface area (Å²) in [6, 6.07) is 20.2. The van der Waals surface area contributed by atoms with Crippen molar-refractivity contribution in [2.75, 3.05) is 7.11 Å². The van der Waals surface area contributed by atoms with Gasteiger partial charge in [-0.2, -0.15) is 0 Å². The third-order valence-corrected chi connectivity index (χ3v) is 4.57. The first-order chi connectivity index (χ1) is 13.1. The second-order valence-electron chi connectivity index (χ2n) is 5.93. The summed E-state index contributed by atoms with van der Waals surface area (Å²) in [4.78, 5) is 12.1. The molecule has 0 aliphatic heterocycles. The highest BCUT2D eigenvalue weighted by molar-refractivity contribution is 6.32. The molecule has 0 aliphatic rings. The number of carbonyl (C=O) groups is 1. The van der Waals surface area contributed by atoms with Crippen molar-refractivity contribution in [1.29, 1.82) is 0 Å². The van der Waals surface area contributed by atoms with Crippen LogP contribution in [0.3, 0.4) is 0 Å². The molecule has 27 heavy (non-hydrogen) atoms. The Morgan fingerprint density at radius 2 is 1.67 bits per heavy atom. The Morgan fingerprint density at radius 1 is 0.963 bits per heavy atom. The van der Waals surface area contributed by atoms with Crippen molar-refractivity contribution in [3.8, 4) is 17.2 Å². The standard InChI is InChI=1S/C22H19ClO4/c1-26-22(25)21-17(18(23)13-14-19(21)24)12-11-15-7-5-6-10-20(15)27-16-8-3-2-4-9-16/h2-10,13-14,24H,11-12H2,1H3. The van der Waals surface area contributed by atoms with Gasteiger partial charge in [-0.25, -0.2) is 4.79 Å². The molecule has 1 N–H and O–H groups in total. The maximum absolute atomic E-state index is 12.1. The van der Waals surface area contributed by atoms with Crippen LogP contribution in [0.15, 0.2) is 66.7 Å². The van der Waals surface area contributed by atoms with Gasteiger partial charge in [-0.1, -0.05) is 48.0 Å². The van der Waals surface area contributed by atoms with Crippen LogP contribution in [0, 0.1) is 0 Å². The monoisotopic (exact) mass is 382 g/mol. The lowest BCUT2D eigenvalue weighted by molar-refractivity contribution is 0.0596. The summed E-state index contributed by atoms with van der Waals surface area (Å²) in [6.07, 6.45) is 1.03. The van der Waals surface area contributed by atoms with Gasteiger partial charge < -0.3 is 14.6 Å². The highest BCUT2D eigenvalue weighted by Crippen LogP contribution is 2.31. The lowest BCUT2D eigenvalue weighted by atomic mass is 9.98. The zero-order chi connectivity index (χ0) is 19.2. The molecular weight excluding hydrogens is 364 g/mol. The van der Waals surface area contributed by atoms with Gasteiger partial charge in [-0.05, 0) is 54.3 Å². The Bertz CT molecular complexity index is 938. The Balaban J connectivity index is 1.86. The first kappa shape index (κ1) is 18.8. The zero-order valence-corrected chi connectivity index (χ0v) is 15.6. The van der Waals surface area contributed by atoms with Crippen molar-refractivity contribution < 1.29 is 19.4 Å². The topological polar surface area (TPSA) is 55.8 Å². The van der Waals surface area contributed by atoms with Gasteiger partial charge in [0.1, 0.15) is 22.8 Å². The number of esters is 1. The van der Waals surface area contributed by atoms with E-state index in [4.69, 9.17) is 21.1 Å². The maximum Gasteiger partial charge on any atom is 0.341 e. The van der Waals surface area contributed by atoms with Crippen molar-refractivity contribution in [3.05, 3.63) is 88.4 Å². The summed E-state index contributed by atoms with van der Waals surface area (Å²) in [7, 11) is 1.27. The first-order valence-electron chi connectivity index (χ1n) is 8.49. The Morgan fingerprint density at radius 3 is 2.41 bits per heavy atom. The molecule has 0 atom stereocenters. The molecule has 0 unspecified atom stereocenters. The normalized spacial score (nSPS) is 10.4. The number of phenolic OH excluding ortho intramolecular Hbond substituents is 1. The van der Waals surface area contributed by atoms with E-state index in [1.165, 1.54) is 13.2 Å². The van der Waals surface area contributed by atoms with Crippen molar-refractivity contribution in [3.63, 3.8) is 0 Å². The molecule has 138 valence electrons. The SMILES string of the molecule is COC(=O)c1c(O)ccc(Cl)c1CCc1ccccc1Oc1ccccc1. The number of carbonyl (C=O) groups excluding carboxylic acids is 1. The van der Waals surface area contributed by atoms with Gasteiger partial charge in [-0.3, -0.25) is 0 Å². The average molecular weight is 383 g/mol. The van der Waals surface area contributed by atoms with Gasteiger partial charge in [0, 0.05) is 5.02 Å². The molecule has 0 aromatic heterocycles. The highest BCUT2D eigenvalue weighted by atomic mass is 35.5. The zero-order valence-electron chi connectivity index (χ0n) is 14.8. The molecule has 3 aromatic rings. The minimum Gasteiger partial charge on any atom is -0.507 e. The van der Waals surface area contributed by atoms with E-state index in [9.17, 15) is 9.90 Å². The van der Waals surface area contributed by atoms with Crippen LogP contribution in [0.5, 0.6) is 17.2 Å². The molecule has 0 fully saturated rings. The molecule has 0 aliphatic carbocycles. The fourth-order valence-electron chi connectivity index (χ4n) is 2.87.